The number of hydrogen-bond acceptors (Lipinski definition) is 3. The van der Waals surface area contributed by atoms with E-state index in [-0.39, 0.29) is 18.0 Å². The van der Waals surface area contributed by atoms with Crippen LogP contribution in [0.15, 0.2) is 30.3 Å². The van der Waals surface area contributed by atoms with Crippen LogP contribution in [0.3, 0.4) is 0 Å². The maximum Gasteiger partial charge on any atom is 0.166 e. The van der Waals surface area contributed by atoms with Gasteiger partial charge >= 0.3 is 0 Å². The topological polar surface area (TPSA) is 35.5 Å². The molecular formula is C13H16O3. The summed E-state index contributed by atoms with van der Waals surface area (Å²) in [6, 6.07) is 9.95. The van der Waals surface area contributed by atoms with Crippen molar-refractivity contribution in [2.24, 2.45) is 0 Å². The molecule has 16 heavy (non-hydrogen) atoms. The van der Waals surface area contributed by atoms with E-state index in [1.807, 2.05) is 37.3 Å². The first kappa shape index (κ1) is 11.3. The summed E-state index contributed by atoms with van der Waals surface area (Å²) in [4.78, 5) is 11.2. The van der Waals surface area contributed by atoms with Crippen molar-refractivity contribution in [3.63, 3.8) is 0 Å². The molecule has 1 fully saturated rings. The molecule has 0 N–H and O–H groups in total. The van der Waals surface area contributed by atoms with Gasteiger partial charge in [0.2, 0.25) is 0 Å². The Bertz CT molecular complexity index is 347. The van der Waals surface area contributed by atoms with E-state index in [4.69, 9.17) is 9.47 Å². The molecule has 1 aromatic rings. The Labute approximate surface area is 95.4 Å². The zero-order chi connectivity index (χ0) is 11.4. The standard InChI is InChI=1S/C13H16O3/c1-2-15-13-11(14)8-12(13)16-9-10-6-4-3-5-7-10/h3-7,12-13H,2,8-9H2,1H3. The van der Waals surface area contributed by atoms with Crippen LogP contribution in [0, 0.1) is 0 Å². The van der Waals surface area contributed by atoms with Gasteiger partial charge in [0.15, 0.2) is 5.78 Å². The quantitative estimate of drug-likeness (QED) is 0.760. The minimum absolute atomic E-state index is 0.0624. The number of hydrogen-bond donors (Lipinski definition) is 0. The van der Waals surface area contributed by atoms with Crippen molar-refractivity contribution in [1.82, 2.24) is 0 Å². The summed E-state index contributed by atoms with van der Waals surface area (Å²) in [6.45, 7) is 2.99. The summed E-state index contributed by atoms with van der Waals surface area (Å²) in [5.41, 5.74) is 1.12. The molecule has 0 heterocycles. The first-order valence-corrected chi connectivity index (χ1v) is 5.61. The molecule has 0 bridgehead atoms. The molecular weight excluding hydrogens is 204 g/mol. The molecule has 0 amide bonds. The third-order valence-corrected chi connectivity index (χ3v) is 2.71. The van der Waals surface area contributed by atoms with Crippen LogP contribution < -0.4 is 0 Å². The number of carbonyl (C=O) groups excluding carboxylic acids is 1. The number of benzene rings is 1. The lowest BCUT2D eigenvalue weighted by Gasteiger charge is -2.34. The summed E-state index contributed by atoms with van der Waals surface area (Å²) >= 11 is 0. The summed E-state index contributed by atoms with van der Waals surface area (Å²) in [5, 5.41) is 0. The van der Waals surface area contributed by atoms with E-state index in [1.165, 1.54) is 0 Å². The normalized spacial score (nSPS) is 24.2. The van der Waals surface area contributed by atoms with E-state index in [9.17, 15) is 4.79 Å². The summed E-state index contributed by atoms with van der Waals surface area (Å²) in [7, 11) is 0. The minimum Gasteiger partial charge on any atom is -0.370 e. The zero-order valence-corrected chi connectivity index (χ0v) is 9.39. The molecule has 2 unspecified atom stereocenters. The molecule has 1 saturated carbocycles. The molecule has 0 spiro atoms. The Morgan fingerprint density at radius 1 is 1.25 bits per heavy atom. The molecule has 1 aliphatic rings. The lowest BCUT2D eigenvalue weighted by atomic mass is 9.90. The average molecular weight is 220 g/mol. The van der Waals surface area contributed by atoms with E-state index in [2.05, 4.69) is 0 Å². The number of rotatable bonds is 5. The van der Waals surface area contributed by atoms with E-state index >= 15 is 0 Å². The molecule has 0 radical (unpaired) electrons. The highest BCUT2D eigenvalue weighted by atomic mass is 16.5. The van der Waals surface area contributed by atoms with Crippen LogP contribution in [0.4, 0.5) is 0 Å². The molecule has 2 atom stereocenters. The van der Waals surface area contributed by atoms with Crippen LogP contribution in [0.1, 0.15) is 18.9 Å². The molecule has 1 aromatic carbocycles. The van der Waals surface area contributed by atoms with Gasteiger partial charge in [0.05, 0.1) is 12.7 Å². The lowest BCUT2D eigenvalue weighted by molar-refractivity contribution is -0.166. The Hall–Kier alpha value is -1.19. The average Bonchev–Trinajstić information content (AvgIpc) is 2.32. The van der Waals surface area contributed by atoms with Crippen molar-refractivity contribution in [3.05, 3.63) is 35.9 Å². The van der Waals surface area contributed by atoms with Gasteiger partial charge in [-0.15, -0.1) is 0 Å². The molecule has 0 aromatic heterocycles. The number of Topliss-reactive ketones (excluding diaryl/α,β-unsaturated/α-hetero) is 1. The molecule has 2 rings (SSSR count). The van der Waals surface area contributed by atoms with Crippen molar-refractivity contribution < 1.29 is 14.3 Å². The molecule has 86 valence electrons. The van der Waals surface area contributed by atoms with E-state index in [1.54, 1.807) is 0 Å². The van der Waals surface area contributed by atoms with Crippen molar-refractivity contribution >= 4 is 5.78 Å². The maximum atomic E-state index is 11.2. The van der Waals surface area contributed by atoms with Crippen LogP contribution >= 0.6 is 0 Å². The van der Waals surface area contributed by atoms with Crippen molar-refractivity contribution in [2.45, 2.75) is 32.2 Å². The first-order chi connectivity index (χ1) is 7.81. The summed E-state index contributed by atoms with van der Waals surface area (Å²) in [6.07, 6.45) is 0.0821. The smallest absolute Gasteiger partial charge is 0.166 e. The largest absolute Gasteiger partial charge is 0.370 e. The highest BCUT2D eigenvalue weighted by Crippen LogP contribution is 2.23. The van der Waals surface area contributed by atoms with Crippen LogP contribution in [0.2, 0.25) is 0 Å². The summed E-state index contributed by atoms with van der Waals surface area (Å²) < 4.78 is 11.0. The second-order valence-corrected chi connectivity index (χ2v) is 3.88. The fraction of sp³-hybridized carbons (Fsp3) is 0.462. The van der Waals surface area contributed by atoms with Gasteiger partial charge in [0.1, 0.15) is 6.10 Å². The minimum atomic E-state index is -0.339. The monoisotopic (exact) mass is 220 g/mol. The fourth-order valence-corrected chi connectivity index (χ4v) is 1.77. The maximum absolute atomic E-state index is 11.2. The first-order valence-electron chi connectivity index (χ1n) is 5.61. The second-order valence-electron chi connectivity index (χ2n) is 3.88. The third kappa shape index (κ3) is 2.49. The van der Waals surface area contributed by atoms with Gasteiger partial charge in [-0.3, -0.25) is 4.79 Å². The Morgan fingerprint density at radius 3 is 2.62 bits per heavy atom. The lowest BCUT2D eigenvalue weighted by Crippen LogP contribution is -2.50. The SMILES string of the molecule is CCOC1C(=O)CC1OCc1ccccc1. The predicted molar refractivity (Wildman–Crippen MR) is 60.1 cm³/mol. The van der Waals surface area contributed by atoms with Crippen molar-refractivity contribution in [2.75, 3.05) is 6.61 Å². The van der Waals surface area contributed by atoms with Crippen molar-refractivity contribution in [3.8, 4) is 0 Å². The van der Waals surface area contributed by atoms with Gasteiger partial charge in [0.25, 0.3) is 0 Å². The van der Waals surface area contributed by atoms with E-state index in [0.29, 0.717) is 19.6 Å². The highest BCUT2D eigenvalue weighted by Gasteiger charge is 2.41. The predicted octanol–water partition coefficient (Wildman–Crippen LogP) is 1.95. The Balaban J connectivity index is 1.81. The third-order valence-electron chi connectivity index (χ3n) is 2.71. The highest BCUT2D eigenvalue weighted by molar-refractivity contribution is 5.90. The molecule has 0 saturated heterocycles. The van der Waals surface area contributed by atoms with Gasteiger partial charge in [-0.2, -0.15) is 0 Å². The van der Waals surface area contributed by atoms with Gasteiger partial charge in [-0.1, -0.05) is 30.3 Å². The van der Waals surface area contributed by atoms with Gasteiger partial charge in [-0.05, 0) is 12.5 Å². The van der Waals surface area contributed by atoms with Crippen LogP contribution in [-0.2, 0) is 20.9 Å². The fourth-order valence-electron chi connectivity index (χ4n) is 1.77. The molecule has 3 nitrogen and oxygen atoms in total. The van der Waals surface area contributed by atoms with Crippen LogP contribution in [0.5, 0.6) is 0 Å². The van der Waals surface area contributed by atoms with Gasteiger partial charge < -0.3 is 9.47 Å². The molecule has 3 heteroatoms. The molecule has 1 aliphatic carbocycles. The number of ketones is 1. The zero-order valence-electron chi connectivity index (χ0n) is 9.39. The summed E-state index contributed by atoms with van der Waals surface area (Å²) in [5.74, 6) is 0.153. The number of carbonyl (C=O) groups is 1. The van der Waals surface area contributed by atoms with Gasteiger partial charge in [-0.25, -0.2) is 0 Å². The van der Waals surface area contributed by atoms with Crippen LogP contribution in [0.25, 0.3) is 0 Å². The second kappa shape index (κ2) is 5.23. The Morgan fingerprint density at radius 2 is 2.00 bits per heavy atom. The van der Waals surface area contributed by atoms with Crippen LogP contribution in [-0.4, -0.2) is 24.6 Å². The van der Waals surface area contributed by atoms with E-state index in [0.717, 1.165) is 5.56 Å². The Kier molecular flexibility index (Phi) is 3.70. The number of ether oxygens (including phenoxy) is 2. The van der Waals surface area contributed by atoms with E-state index < -0.39 is 0 Å². The van der Waals surface area contributed by atoms with Crippen molar-refractivity contribution in [1.29, 1.82) is 0 Å². The molecule has 0 aliphatic heterocycles. The van der Waals surface area contributed by atoms with Gasteiger partial charge in [0, 0.05) is 13.0 Å².